The Morgan fingerprint density at radius 1 is 1.16 bits per heavy atom. The molecule has 25 heavy (non-hydrogen) atoms. The summed E-state index contributed by atoms with van der Waals surface area (Å²) in [6.07, 6.45) is 0.575. The molecule has 0 aliphatic rings. The molecule has 1 N–H and O–H groups in total. The molecule has 1 amide bonds. The Balaban J connectivity index is 1.47. The minimum Gasteiger partial charge on any atom is -0.440 e. The zero-order chi connectivity index (χ0) is 17.2. The Hall–Kier alpha value is -2.63. The van der Waals surface area contributed by atoms with Crippen molar-refractivity contribution in [1.29, 1.82) is 0 Å². The van der Waals surface area contributed by atoms with Gasteiger partial charge in [0, 0.05) is 17.1 Å². The summed E-state index contributed by atoms with van der Waals surface area (Å²) in [4.78, 5) is 17.2. The van der Waals surface area contributed by atoms with Crippen molar-refractivity contribution in [3.63, 3.8) is 0 Å². The molecule has 0 aliphatic heterocycles. The van der Waals surface area contributed by atoms with Crippen LogP contribution in [-0.2, 0) is 6.42 Å². The summed E-state index contributed by atoms with van der Waals surface area (Å²) in [6, 6.07) is 16.7. The highest BCUT2D eigenvalue weighted by atomic mass is 35.5. The summed E-state index contributed by atoms with van der Waals surface area (Å²) in [7, 11) is 0. The van der Waals surface area contributed by atoms with Crippen molar-refractivity contribution < 1.29 is 9.21 Å². The first-order chi connectivity index (χ1) is 12.2. The highest BCUT2D eigenvalue weighted by Gasteiger charge is 2.09. The van der Waals surface area contributed by atoms with Crippen LogP contribution < -0.4 is 5.32 Å². The van der Waals surface area contributed by atoms with Crippen molar-refractivity contribution in [2.24, 2.45) is 0 Å². The van der Waals surface area contributed by atoms with Crippen molar-refractivity contribution in [1.82, 2.24) is 4.98 Å². The first kappa shape index (κ1) is 15.9. The number of aromatic nitrogens is 1. The topological polar surface area (TPSA) is 55.1 Å². The third-order valence-electron chi connectivity index (χ3n) is 3.71. The van der Waals surface area contributed by atoms with Crippen LogP contribution in [0, 0.1) is 0 Å². The summed E-state index contributed by atoms with van der Waals surface area (Å²) < 4.78 is 5.73. The third kappa shape index (κ3) is 3.57. The molecule has 2 aromatic heterocycles. The van der Waals surface area contributed by atoms with Crippen molar-refractivity contribution in [2.45, 2.75) is 6.42 Å². The first-order valence-electron chi connectivity index (χ1n) is 7.66. The number of halogens is 1. The average molecular weight is 369 g/mol. The molecule has 4 rings (SSSR count). The lowest BCUT2D eigenvalue weighted by molar-refractivity contribution is 0.103. The molecule has 0 saturated heterocycles. The summed E-state index contributed by atoms with van der Waals surface area (Å²) in [5, 5.41) is 5.40. The molecule has 2 aromatic carbocycles. The number of nitrogens with one attached hydrogen (secondary N) is 1. The second kappa shape index (κ2) is 6.70. The fourth-order valence-corrected chi connectivity index (χ4v) is 3.29. The van der Waals surface area contributed by atoms with Crippen LogP contribution in [0.4, 0.5) is 5.69 Å². The normalized spacial score (nSPS) is 10.9. The molecule has 0 atom stereocenters. The second-order valence-electron chi connectivity index (χ2n) is 5.52. The van der Waals surface area contributed by atoms with E-state index in [0.717, 1.165) is 22.4 Å². The van der Waals surface area contributed by atoms with Crippen LogP contribution in [0.5, 0.6) is 0 Å². The summed E-state index contributed by atoms with van der Waals surface area (Å²) in [6.45, 7) is 0. The fourth-order valence-electron chi connectivity index (χ4n) is 2.50. The second-order valence-corrected chi connectivity index (χ2v) is 6.91. The van der Waals surface area contributed by atoms with E-state index in [2.05, 4.69) is 10.3 Å². The number of carbonyl (C=O) groups is 1. The predicted octanol–water partition coefficient (Wildman–Crippen LogP) is 5.39. The molecule has 2 heterocycles. The van der Waals surface area contributed by atoms with Gasteiger partial charge in [0.25, 0.3) is 5.91 Å². The largest absolute Gasteiger partial charge is 0.440 e. The van der Waals surface area contributed by atoms with Crippen LogP contribution in [0.2, 0.25) is 5.02 Å². The monoisotopic (exact) mass is 368 g/mol. The number of benzene rings is 2. The van der Waals surface area contributed by atoms with Crippen molar-refractivity contribution >= 4 is 45.6 Å². The lowest BCUT2D eigenvalue weighted by Crippen LogP contribution is -2.09. The van der Waals surface area contributed by atoms with Crippen LogP contribution in [0.3, 0.4) is 0 Å². The Labute approximate surface area is 153 Å². The maximum absolute atomic E-state index is 12.0. The maximum Gasteiger partial charge on any atom is 0.265 e. The average Bonchev–Trinajstić information content (AvgIpc) is 3.25. The highest BCUT2D eigenvalue weighted by Crippen LogP contribution is 2.22. The number of oxazole rings is 1. The number of anilines is 1. The van der Waals surface area contributed by atoms with Gasteiger partial charge < -0.3 is 9.73 Å². The molecule has 0 radical (unpaired) electrons. The number of hydrogen-bond donors (Lipinski definition) is 1. The number of amides is 1. The standard InChI is InChI=1S/C19H13ClN2O2S/c20-13-5-8-16-15(11-13)22-18(24-16)10-12-3-6-14(7-4-12)21-19(23)17-2-1-9-25-17/h1-9,11H,10H2,(H,21,23). The zero-order valence-electron chi connectivity index (χ0n) is 13.0. The van der Waals surface area contributed by atoms with E-state index in [4.69, 9.17) is 16.0 Å². The Morgan fingerprint density at radius 2 is 2.00 bits per heavy atom. The van der Waals surface area contributed by atoms with Crippen molar-refractivity contribution in [2.75, 3.05) is 5.32 Å². The summed E-state index contributed by atoms with van der Waals surface area (Å²) >= 11 is 7.38. The molecule has 0 fully saturated rings. The number of fused-ring (bicyclic) bond motifs is 1. The SMILES string of the molecule is O=C(Nc1ccc(Cc2nc3cc(Cl)ccc3o2)cc1)c1cccs1. The predicted molar refractivity (Wildman–Crippen MR) is 101 cm³/mol. The minimum atomic E-state index is -0.0985. The van der Waals surface area contributed by atoms with Gasteiger partial charge in [-0.05, 0) is 47.3 Å². The number of rotatable bonds is 4. The van der Waals surface area contributed by atoms with Gasteiger partial charge in [0.2, 0.25) is 0 Å². The highest BCUT2D eigenvalue weighted by molar-refractivity contribution is 7.12. The van der Waals surface area contributed by atoms with E-state index in [0.29, 0.717) is 22.2 Å². The first-order valence-corrected chi connectivity index (χ1v) is 8.92. The Bertz CT molecular complexity index is 1020. The van der Waals surface area contributed by atoms with E-state index in [1.165, 1.54) is 11.3 Å². The van der Waals surface area contributed by atoms with Crippen LogP contribution in [0.25, 0.3) is 11.1 Å². The molecule has 0 bridgehead atoms. The van der Waals surface area contributed by atoms with E-state index in [1.807, 2.05) is 41.8 Å². The molecule has 4 aromatic rings. The van der Waals surface area contributed by atoms with E-state index in [1.54, 1.807) is 18.2 Å². The minimum absolute atomic E-state index is 0.0985. The van der Waals surface area contributed by atoms with Gasteiger partial charge >= 0.3 is 0 Å². The number of carbonyl (C=O) groups excluding carboxylic acids is 1. The van der Waals surface area contributed by atoms with Crippen LogP contribution in [-0.4, -0.2) is 10.9 Å². The van der Waals surface area contributed by atoms with Gasteiger partial charge in [0.1, 0.15) is 5.52 Å². The lowest BCUT2D eigenvalue weighted by atomic mass is 10.1. The molecule has 124 valence electrons. The third-order valence-corrected chi connectivity index (χ3v) is 4.81. The Morgan fingerprint density at radius 3 is 2.76 bits per heavy atom. The van der Waals surface area contributed by atoms with Gasteiger partial charge in [-0.3, -0.25) is 4.79 Å². The van der Waals surface area contributed by atoms with E-state index in [-0.39, 0.29) is 5.91 Å². The van der Waals surface area contributed by atoms with Crippen LogP contribution in [0.1, 0.15) is 21.1 Å². The van der Waals surface area contributed by atoms with Gasteiger partial charge in [0.15, 0.2) is 11.5 Å². The van der Waals surface area contributed by atoms with Gasteiger partial charge in [-0.15, -0.1) is 11.3 Å². The fraction of sp³-hybridized carbons (Fsp3) is 0.0526. The molecule has 4 nitrogen and oxygen atoms in total. The lowest BCUT2D eigenvalue weighted by Gasteiger charge is -2.04. The number of nitrogens with zero attached hydrogens (tertiary/aromatic N) is 1. The zero-order valence-corrected chi connectivity index (χ0v) is 14.6. The summed E-state index contributed by atoms with van der Waals surface area (Å²) in [5.41, 5.74) is 3.28. The number of thiophene rings is 1. The van der Waals surface area contributed by atoms with E-state index < -0.39 is 0 Å². The van der Waals surface area contributed by atoms with Crippen molar-refractivity contribution in [3.8, 4) is 0 Å². The maximum atomic E-state index is 12.0. The molecule has 0 spiro atoms. The van der Waals surface area contributed by atoms with Crippen LogP contribution in [0.15, 0.2) is 64.4 Å². The Kier molecular flexibility index (Phi) is 4.26. The van der Waals surface area contributed by atoms with E-state index >= 15 is 0 Å². The molecule has 6 heteroatoms. The van der Waals surface area contributed by atoms with Gasteiger partial charge in [-0.2, -0.15) is 0 Å². The number of hydrogen-bond acceptors (Lipinski definition) is 4. The van der Waals surface area contributed by atoms with E-state index in [9.17, 15) is 4.79 Å². The molecular weight excluding hydrogens is 356 g/mol. The molecular formula is C19H13ClN2O2S. The van der Waals surface area contributed by atoms with Gasteiger partial charge in [-0.25, -0.2) is 4.98 Å². The molecule has 0 unspecified atom stereocenters. The van der Waals surface area contributed by atoms with Crippen molar-refractivity contribution in [3.05, 3.63) is 81.3 Å². The summed E-state index contributed by atoms with van der Waals surface area (Å²) in [5.74, 6) is 0.534. The van der Waals surface area contributed by atoms with Gasteiger partial charge in [-0.1, -0.05) is 29.8 Å². The van der Waals surface area contributed by atoms with Gasteiger partial charge in [0.05, 0.1) is 4.88 Å². The molecule has 0 saturated carbocycles. The molecule has 0 aliphatic carbocycles. The van der Waals surface area contributed by atoms with Crippen LogP contribution >= 0.6 is 22.9 Å². The smallest absolute Gasteiger partial charge is 0.265 e. The quantitative estimate of drug-likeness (QED) is 0.525.